The summed E-state index contributed by atoms with van der Waals surface area (Å²) in [5.41, 5.74) is 0. The van der Waals surface area contributed by atoms with Crippen LogP contribution in [0.3, 0.4) is 0 Å². The lowest BCUT2D eigenvalue weighted by Gasteiger charge is -2.33. The number of piperidine rings is 1. The lowest BCUT2D eigenvalue weighted by molar-refractivity contribution is -0.129. The predicted molar refractivity (Wildman–Crippen MR) is 66.8 cm³/mol. The normalized spacial score (nSPS) is 38.8. The number of rotatable bonds is 2. The Kier molecular flexibility index (Phi) is 3.09. The van der Waals surface area contributed by atoms with Crippen LogP contribution in [0.4, 0.5) is 0 Å². The fourth-order valence-corrected chi connectivity index (χ4v) is 3.67. The summed E-state index contributed by atoms with van der Waals surface area (Å²) in [4.78, 5) is 16.4. The van der Waals surface area contributed by atoms with Crippen LogP contribution in [0.2, 0.25) is 0 Å². The van der Waals surface area contributed by atoms with Crippen molar-refractivity contribution in [1.29, 1.82) is 0 Å². The van der Waals surface area contributed by atoms with Gasteiger partial charge in [-0.25, -0.2) is 0 Å². The molecule has 3 rings (SSSR count). The quantitative estimate of drug-likeness (QED) is 0.757. The molecule has 0 aromatic rings. The van der Waals surface area contributed by atoms with Crippen LogP contribution < -0.4 is 5.32 Å². The van der Waals surface area contributed by atoms with Crippen LogP contribution in [-0.2, 0) is 4.79 Å². The van der Waals surface area contributed by atoms with Crippen molar-refractivity contribution in [2.75, 3.05) is 26.7 Å². The lowest BCUT2D eigenvalue weighted by Crippen LogP contribution is -2.49. The summed E-state index contributed by atoms with van der Waals surface area (Å²) >= 11 is 0. The van der Waals surface area contributed by atoms with E-state index in [-0.39, 0.29) is 0 Å². The van der Waals surface area contributed by atoms with Gasteiger partial charge in [-0.05, 0) is 39.3 Å². The molecule has 4 heteroatoms. The number of amides is 1. The highest BCUT2D eigenvalue weighted by molar-refractivity contribution is 5.80. The van der Waals surface area contributed by atoms with E-state index in [2.05, 4.69) is 22.2 Å². The number of likely N-dealkylation sites (tertiary alicyclic amines) is 1. The second-order valence-electron chi connectivity index (χ2n) is 5.88. The first-order valence-corrected chi connectivity index (χ1v) is 6.98. The molecule has 0 radical (unpaired) electrons. The number of nitrogens with one attached hydrogen (secondary N) is 1. The Labute approximate surface area is 103 Å². The molecule has 4 nitrogen and oxygen atoms in total. The maximum Gasteiger partial charge on any atom is 0.224 e. The minimum absolute atomic E-state index is 0.374. The maximum atomic E-state index is 11.9. The average Bonchev–Trinajstić information content (AvgIpc) is 2.86. The molecular weight excluding hydrogens is 214 g/mol. The van der Waals surface area contributed by atoms with Crippen molar-refractivity contribution in [2.45, 2.75) is 50.2 Å². The molecule has 0 spiro atoms. The summed E-state index contributed by atoms with van der Waals surface area (Å²) in [6.45, 7) is 3.32. The van der Waals surface area contributed by atoms with Gasteiger partial charge in [-0.15, -0.1) is 0 Å². The summed E-state index contributed by atoms with van der Waals surface area (Å²) in [5.74, 6) is 0.374. The lowest BCUT2D eigenvalue weighted by atomic mass is 9.98. The maximum absolute atomic E-state index is 11.9. The SMILES string of the molecule is CN1CCC(NC2CC(=O)N3CCCCC23)C1. The van der Waals surface area contributed by atoms with Crippen LogP contribution in [-0.4, -0.2) is 60.5 Å². The number of likely N-dealkylation sites (N-methyl/N-ethyl adjacent to an activating group) is 1. The Hall–Kier alpha value is -0.610. The van der Waals surface area contributed by atoms with Crippen molar-refractivity contribution < 1.29 is 4.79 Å². The Morgan fingerprint density at radius 2 is 2.12 bits per heavy atom. The summed E-state index contributed by atoms with van der Waals surface area (Å²) in [6.07, 6.45) is 5.64. The molecule has 0 bridgehead atoms. The molecular formula is C13H23N3O. The van der Waals surface area contributed by atoms with E-state index in [0.717, 1.165) is 19.5 Å². The third-order valence-electron chi connectivity index (χ3n) is 4.57. The first-order chi connectivity index (χ1) is 8.24. The van der Waals surface area contributed by atoms with Crippen molar-refractivity contribution in [3.05, 3.63) is 0 Å². The number of nitrogens with zero attached hydrogens (tertiary/aromatic N) is 2. The molecule has 0 saturated carbocycles. The van der Waals surface area contributed by atoms with Crippen LogP contribution in [0.5, 0.6) is 0 Å². The van der Waals surface area contributed by atoms with Crippen molar-refractivity contribution in [3.8, 4) is 0 Å². The number of carbonyl (C=O) groups excluding carboxylic acids is 1. The third kappa shape index (κ3) is 2.20. The highest BCUT2D eigenvalue weighted by Crippen LogP contribution is 2.28. The zero-order valence-electron chi connectivity index (χ0n) is 10.7. The first-order valence-electron chi connectivity index (χ1n) is 6.98. The molecule has 1 N–H and O–H groups in total. The van der Waals surface area contributed by atoms with E-state index in [9.17, 15) is 4.79 Å². The molecule has 0 aliphatic carbocycles. The van der Waals surface area contributed by atoms with E-state index in [4.69, 9.17) is 0 Å². The molecule has 3 saturated heterocycles. The van der Waals surface area contributed by atoms with E-state index < -0.39 is 0 Å². The van der Waals surface area contributed by atoms with Gasteiger partial charge in [-0.1, -0.05) is 0 Å². The van der Waals surface area contributed by atoms with E-state index in [1.807, 2.05) is 0 Å². The van der Waals surface area contributed by atoms with Crippen molar-refractivity contribution in [1.82, 2.24) is 15.1 Å². The standard InChI is InChI=1S/C13H23N3O/c1-15-7-5-10(9-15)14-11-8-13(17)16-6-3-2-4-12(11)16/h10-12,14H,2-9H2,1H3. The minimum atomic E-state index is 0.374. The molecule has 3 atom stereocenters. The summed E-state index contributed by atoms with van der Waals surface area (Å²) in [5, 5.41) is 3.73. The number of hydrogen-bond acceptors (Lipinski definition) is 3. The summed E-state index contributed by atoms with van der Waals surface area (Å²) < 4.78 is 0. The molecule has 96 valence electrons. The van der Waals surface area contributed by atoms with E-state index >= 15 is 0 Å². The van der Waals surface area contributed by atoms with E-state index in [0.29, 0.717) is 24.0 Å². The van der Waals surface area contributed by atoms with Gasteiger partial charge in [0, 0.05) is 37.6 Å². The molecule has 3 unspecified atom stereocenters. The molecule has 0 aromatic carbocycles. The predicted octanol–water partition coefficient (Wildman–Crippen LogP) is 0.433. The van der Waals surface area contributed by atoms with Crippen LogP contribution in [0.1, 0.15) is 32.1 Å². The molecule has 3 aliphatic rings. The Balaban J connectivity index is 1.61. The average molecular weight is 237 g/mol. The smallest absolute Gasteiger partial charge is 0.224 e. The zero-order valence-corrected chi connectivity index (χ0v) is 10.7. The van der Waals surface area contributed by atoms with Gasteiger partial charge in [-0.2, -0.15) is 0 Å². The third-order valence-corrected chi connectivity index (χ3v) is 4.57. The Morgan fingerprint density at radius 3 is 2.88 bits per heavy atom. The van der Waals surface area contributed by atoms with Crippen LogP contribution in [0.15, 0.2) is 0 Å². The van der Waals surface area contributed by atoms with Gasteiger partial charge in [0.15, 0.2) is 0 Å². The number of hydrogen-bond donors (Lipinski definition) is 1. The molecule has 3 heterocycles. The first kappa shape index (κ1) is 11.5. The van der Waals surface area contributed by atoms with Gasteiger partial charge in [0.25, 0.3) is 0 Å². The van der Waals surface area contributed by atoms with Crippen LogP contribution in [0.25, 0.3) is 0 Å². The van der Waals surface area contributed by atoms with Crippen molar-refractivity contribution in [2.24, 2.45) is 0 Å². The summed E-state index contributed by atoms with van der Waals surface area (Å²) in [7, 11) is 2.17. The van der Waals surface area contributed by atoms with Crippen molar-refractivity contribution in [3.63, 3.8) is 0 Å². The highest BCUT2D eigenvalue weighted by atomic mass is 16.2. The van der Waals surface area contributed by atoms with Gasteiger partial charge in [-0.3, -0.25) is 4.79 Å². The van der Waals surface area contributed by atoms with Gasteiger partial charge < -0.3 is 15.1 Å². The molecule has 1 amide bonds. The van der Waals surface area contributed by atoms with Gasteiger partial charge in [0.05, 0.1) is 0 Å². The fourth-order valence-electron chi connectivity index (χ4n) is 3.67. The van der Waals surface area contributed by atoms with E-state index in [1.165, 1.54) is 32.2 Å². The topological polar surface area (TPSA) is 35.6 Å². The monoisotopic (exact) mass is 237 g/mol. The van der Waals surface area contributed by atoms with Crippen LogP contribution >= 0.6 is 0 Å². The van der Waals surface area contributed by atoms with Crippen LogP contribution in [0, 0.1) is 0 Å². The van der Waals surface area contributed by atoms with Gasteiger partial charge in [0.2, 0.25) is 5.91 Å². The Morgan fingerprint density at radius 1 is 1.24 bits per heavy atom. The van der Waals surface area contributed by atoms with E-state index in [1.54, 1.807) is 0 Å². The number of fused-ring (bicyclic) bond motifs is 1. The molecule has 17 heavy (non-hydrogen) atoms. The zero-order chi connectivity index (χ0) is 11.8. The second-order valence-corrected chi connectivity index (χ2v) is 5.88. The van der Waals surface area contributed by atoms with Crippen molar-refractivity contribution >= 4 is 5.91 Å². The summed E-state index contributed by atoms with van der Waals surface area (Å²) in [6, 6.07) is 1.50. The largest absolute Gasteiger partial charge is 0.338 e. The van der Waals surface area contributed by atoms with Gasteiger partial charge >= 0.3 is 0 Å². The number of carbonyl (C=O) groups is 1. The Bertz CT molecular complexity index is 307. The van der Waals surface area contributed by atoms with Gasteiger partial charge in [0.1, 0.15) is 0 Å². The minimum Gasteiger partial charge on any atom is -0.338 e. The highest BCUT2D eigenvalue weighted by Gasteiger charge is 2.41. The molecule has 0 aromatic heterocycles. The second kappa shape index (κ2) is 4.58. The molecule has 3 fully saturated rings. The molecule has 3 aliphatic heterocycles. The fraction of sp³-hybridized carbons (Fsp3) is 0.923.